The molecular weight excluding hydrogens is 274 g/mol. The molecule has 0 fully saturated rings. The van der Waals surface area contributed by atoms with Gasteiger partial charge in [-0.15, -0.1) is 0 Å². The van der Waals surface area contributed by atoms with Gasteiger partial charge in [-0.25, -0.2) is 4.79 Å². The lowest BCUT2D eigenvalue weighted by atomic mass is 10.1. The molecule has 2 aromatic rings. The molecule has 1 atom stereocenters. The third kappa shape index (κ3) is 2.91. The number of anilines is 1. The molecule has 21 heavy (non-hydrogen) atoms. The number of nitrogens with one attached hydrogen (secondary N) is 1. The first-order valence-electron chi connectivity index (χ1n) is 6.32. The molecule has 2 rings (SSSR count). The number of ether oxygens (including phenoxy) is 1. The largest absolute Gasteiger partial charge is 0.467 e. The van der Waals surface area contributed by atoms with E-state index in [0.29, 0.717) is 16.5 Å². The van der Waals surface area contributed by atoms with Crippen LogP contribution in [0, 0.1) is 17.0 Å². The van der Waals surface area contributed by atoms with Crippen LogP contribution < -0.4 is 5.32 Å². The van der Waals surface area contributed by atoms with Crippen LogP contribution in [0.4, 0.5) is 11.4 Å². The van der Waals surface area contributed by atoms with Crippen molar-refractivity contribution in [3.8, 4) is 0 Å². The lowest BCUT2D eigenvalue weighted by Crippen LogP contribution is -2.27. The van der Waals surface area contributed by atoms with Crippen LogP contribution in [0.15, 0.2) is 24.4 Å². The molecule has 1 N–H and O–H groups in total. The van der Waals surface area contributed by atoms with Crippen LogP contribution in [-0.2, 0) is 9.53 Å². The molecule has 0 aliphatic carbocycles. The number of nitro groups is 1. The van der Waals surface area contributed by atoms with Crippen LogP contribution >= 0.6 is 0 Å². The Hall–Kier alpha value is -2.70. The SMILES string of the molecule is COC(=O)C(C)Nc1ccc([N+](=O)[O-])c2cnc(C)cc12. The number of hydrogen-bond donors (Lipinski definition) is 1. The van der Waals surface area contributed by atoms with Gasteiger partial charge in [0.15, 0.2) is 0 Å². The molecule has 0 aliphatic heterocycles. The fourth-order valence-electron chi connectivity index (χ4n) is 2.08. The van der Waals surface area contributed by atoms with Crippen LogP contribution in [0.3, 0.4) is 0 Å². The Morgan fingerprint density at radius 1 is 1.43 bits per heavy atom. The van der Waals surface area contributed by atoms with Crippen molar-refractivity contribution in [3.05, 3.63) is 40.2 Å². The van der Waals surface area contributed by atoms with Gasteiger partial charge in [-0.3, -0.25) is 15.1 Å². The van der Waals surface area contributed by atoms with E-state index in [1.165, 1.54) is 19.4 Å². The van der Waals surface area contributed by atoms with Crippen LogP contribution in [0.2, 0.25) is 0 Å². The van der Waals surface area contributed by atoms with E-state index >= 15 is 0 Å². The summed E-state index contributed by atoms with van der Waals surface area (Å²) in [6.07, 6.45) is 1.47. The van der Waals surface area contributed by atoms with E-state index in [2.05, 4.69) is 15.0 Å². The van der Waals surface area contributed by atoms with Gasteiger partial charge >= 0.3 is 5.97 Å². The van der Waals surface area contributed by atoms with Gasteiger partial charge < -0.3 is 10.1 Å². The summed E-state index contributed by atoms with van der Waals surface area (Å²) < 4.78 is 4.66. The van der Waals surface area contributed by atoms with Crippen molar-refractivity contribution in [3.63, 3.8) is 0 Å². The number of benzene rings is 1. The topological polar surface area (TPSA) is 94.4 Å². The third-order valence-electron chi connectivity index (χ3n) is 3.14. The molecule has 1 aromatic carbocycles. The Labute approximate surface area is 121 Å². The number of carbonyl (C=O) groups is 1. The molecule has 0 spiro atoms. The van der Waals surface area contributed by atoms with Gasteiger partial charge in [0.05, 0.1) is 17.4 Å². The Kier molecular flexibility index (Phi) is 4.02. The smallest absolute Gasteiger partial charge is 0.327 e. The fourth-order valence-corrected chi connectivity index (χ4v) is 2.08. The number of carbonyl (C=O) groups excluding carboxylic acids is 1. The second kappa shape index (κ2) is 5.74. The highest BCUT2D eigenvalue weighted by atomic mass is 16.6. The Bertz CT molecular complexity index is 715. The summed E-state index contributed by atoms with van der Waals surface area (Å²) in [5.41, 5.74) is 1.34. The summed E-state index contributed by atoms with van der Waals surface area (Å²) in [4.78, 5) is 26.2. The monoisotopic (exact) mass is 289 g/mol. The number of methoxy groups -OCH3 is 1. The summed E-state index contributed by atoms with van der Waals surface area (Å²) >= 11 is 0. The number of fused-ring (bicyclic) bond motifs is 1. The second-order valence-corrected chi connectivity index (χ2v) is 4.65. The maximum atomic E-state index is 11.5. The highest BCUT2D eigenvalue weighted by Gasteiger charge is 2.18. The predicted octanol–water partition coefficient (Wildman–Crippen LogP) is 2.42. The zero-order valence-corrected chi connectivity index (χ0v) is 11.9. The standard InChI is InChI=1S/C14H15N3O4/c1-8-6-10-11(7-15-8)13(17(19)20)5-4-12(10)16-9(2)14(18)21-3/h4-7,9,16H,1-3H3. The van der Waals surface area contributed by atoms with Gasteiger partial charge in [0.2, 0.25) is 0 Å². The average Bonchev–Trinajstić information content (AvgIpc) is 2.46. The zero-order chi connectivity index (χ0) is 15.6. The van der Waals surface area contributed by atoms with Gasteiger partial charge in [0, 0.05) is 29.0 Å². The van der Waals surface area contributed by atoms with Crippen LogP contribution in [0.5, 0.6) is 0 Å². The van der Waals surface area contributed by atoms with Crippen molar-refractivity contribution >= 4 is 28.1 Å². The highest BCUT2D eigenvalue weighted by Crippen LogP contribution is 2.31. The Morgan fingerprint density at radius 2 is 2.14 bits per heavy atom. The minimum Gasteiger partial charge on any atom is -0.467 e. The van der Waals surface area contributed by atoms with Crippen molar-refractivity contribution in [2.24, 2.45) is 0 Å². The van der Waals surface area contributed by atoms with Crippen molar-refractivity contribution in [2.75, 3.05) is 12.4 Å². The van der Waals surface area contributed by atoms with Crippen LogP contribution in [0.25, 0.3) is 10.8 Å². The van der Waals surface area contributed by atoms with Crippen LogP contribution in [0.1, 0.15) is 12.6 Å². The van der Waals surface area contributed by atoms with Gasteiger partial charge in [0.25, 0.3) is 5.69 Å². The summed E-state index contributed by atoms with van der Waals surface area (Å²) in [5.74, 6) is -0.410. The van der Waals surface area contributed by atoms with E-state index < -0.39 is 16.9 Å². The quantitative estimate of drug-likeness (QED) is 0.527. The average molecular weight is 289 g/mol. The maximum absolute atomic E-state index is 11.5. The predicted molar refractivity (Wildman–Crippen MR) is 78.2 cm³/mol. The van der Waals surface area contributed by atoms with Gasteiger partial charge in [-0.05, 0) is 26.0 Å². The summed E-state index contributed by atoms with van der Waals surface area (Å²) in [6.45, 7) is 3.46. The molecule has 0 saturated carbocycles. The van der Waals surface area contributed by atoms with Gasteiger partial charge in [-0.1, -0.05) is 0 Å². The molecular formula is C14H15N3O4. The van der Waals surface area contributed by atoms with E-state index in [1.807, 2.05) is 0 Å². The van der Waals surface area contributed by atoms with Gasteiger partial charge in [0.1, 0.15) is 6.04 Å². The molecule has 0 aliphatic rings. The number of nitrogens with zero attached hydrogens (tertiary/aromatic N) is 2. The maximum Gasteiger partial charge on any atom is 0.327 e. The van der Waals surface area contributed by atoms with E-state index in [1.54, 1.807) is 26.0 Å². The summed E-state index contributed by atoms with van der Waals surface area (Å²) in [6, 6.07) is 4.16. The number of esters is 1. The zero-order valence-electron chi connectivity index (χ0n) is 11.9. The number of aryl methyl sites for hydroxylation is 1. The summed E-state index contributed by atoms with van der Waals surface area (Å²) in [7, 11) is 1.31. The lowest BCUT2D eigenvalue weighted by Gasteiger charge is -2.15. The van der Waals surface area contributed by atoms with E-state index in [4.69, 9.17) is 0 Å². The molecule has 0 radical (unpaired) electrons. The molecule has 1 heterocycles. The van der Waals surface area contributed by atoms with Crippen molar-refractivity contribution in [2.45, 2.75) is 19.9 Å². The van der Waals surface area contributed by atoms with E-state index in [9.17, 15) is 14.9 Å². The normalized spacial score (nSPS) is 12.0. The van der Waals surface area contributed by atoms with Crippen molar-refractivity contribution in [1.29, 1.82) is 0 Å². The first-order chi connectivity index (χ1) is 9.93. The highest BCUT2D eigenvalue weighted by molar-refractivity contribution is 6.00. The minimum atomic E-state index is -0.562. The molecule has 1 aromatic heterocycles. The number of pyridine rings is 1. The number of hydrogen-bond acceptors (Lipinski definition) is 6. The van der Waals surface area contributed by atoms with Crippen molar-refractivity contribution in [1.82, 2.24) is 4.98 Å². The molecule has 0 saturated heterocycles. The van der Waals surface area contributed by atoms with Crippen LogP contribution in [-0.4, -0.2) is 29.0 Å². The molecule has 1 unspecified atom stereocenters. The van der Waals surface area contributed by atoms with Crippen molar-refractivity contribution < 1.29 is 14.5 Å². The first-order valence-corrected chi connectivity index (χ1v) is 6.32. The fraction of sp³-hybridized carbons (Fsp3) is 0.286. The van der Waals surface area contributed by atoms with E-state index in [0.717, 1.165) is 5.69 Å². The molecule has 7 nitrogen and oxygen atoms in total. The van der Waals surface area contributed by atoms with E-state index in [-0.39, 0.29) is 5.69 Å². The lowest BCUT2D eigenvalue weighted by molar-refractivity contribution is -0.383. The minimum absolute atomic E-state index is 0.0197. The van der Waals surface area contributed by atoms with Gasteiger partial charge in [-0.2, -0.15) is 0 Å². The Balaban J connectivity index is 2.55. The number of non-ortho nitro benzene ring substituents is 1. The Morgan fingerprint density at radius 3 is 2.76 bits per heavy atom. The molecule has 7 heteroatoms. The third-order valence-corrected chi connectivity index (χ3v) is 3.14. The molecule has 0 bridgehead atoms. The first kappa shape index (κ1) is 14.7. The molecule has 0 amide bonds. The number of rotatable bonds is 4. The summed E-state index contributed by atoms with van der Waals surface area (Å²) in [5, 5.41) is 15.1. The number of aromatic nitrogens is 1. The number of nitro benzene ring substituents is 1. The molecule has 110 valence electrons. The second-order valence-electron chi connectivity index (χ2n) is 4.65.